The van der Waals surface area contributed by atoms with Gasteiger partial charge in [-0.05, 0) is 38.5 Å². The Morgan fingerprint density at radius 1 is 1.21 bits per heavy atom. The van der Waals surface area contributed by atoms with Crippen LogP contribution in [0.5, 0.6) is 0 Å². The number of anilines is 1. The van der Waals surface area contributed by atoms with Crippen molar-refractivity contribution in [3.8, 4) is 0 Å². The van der Waals surface area contributed by atoms with Crippen molar-refractivity contribution in [2.45, 2.75) is 26.4 Å². The van der Waals surface area contributed by atoms with Gasteiger partial charge in [0.1, 0.15) is 5.60 Å². The molecule has 3 nitrogen and oxygen atoms in total. The van der Waals surface area contributed by atoms with Crippen molar-refractivity contribution < 1.29 is 4.84 Å². The number of rotatable bonds is 2. The predicted octanol–water partition coefficient (Wildman–Crippen LogP) is 2.42. The zero-order valence-corrected chi connectivity index (χ0v) is 8.82. The monoisotopic (exact) mass is 192 g/mol. The lowest BCUT2D eigenvalue weighted by atomic mass is 10.2. The maximum absolute atomic E-state index is 5.55. The first-order chi connectivity index (χ1) is 6.47. The summed E-state index contributed by atoms with van der Waals surface area (Å²) in [5.41, 5.74) is 7.03. The molecule has 0 aliphatic rings. The molecule has 1 rings (SSSR count). The summed E-state index contributed by atoms with van der Waals surface area (Å²) in [7, 11) is 0. The van der Waals surface area contributed by atoms with Crippen molar-refractivity contribution in [3.63, 3.8) is 0 Å². The second-order valence-corrected chi connectivity index (χ2v) is 4.10. The van der Waals surface area contributed by atoms with Crippen LogP contribution in [0.15, 0.2) is 29.4 Å². The highest BCUT2D eigenvalue weighted by atomic mass is 16.6. The number of hydrogen-bond acceptors (Lipinski definition) is 3. The van der Waals surface area contributed by atoms with Gasteiger partial charge >= 0.3 is 0 Å². The molecule has 0 saturated heterocycles. The number of hydrogen-bond donors (Lipinski definition) is 1. The zero-order chi connectivity index (χ0) is 10.6. The molecule has 0 fully saturated rings. The summed E-state index contributed by atoms with van der Waals surface area (Å²) < 4.78 is 0. The molecule has 3 heteroatoms. The summed E-state index contributed by atoms with van der Waals surface area (Å²) in [6.07, 6.45) is 1.67. The summed E-state index contributed by atoms with van der Waals surface area (Å²) in [5.74, 6) is 0. The van der Waals surface area contributed by atoms with Crippen molar-refractivity contribution in [3.05, 3.63) is 29.8 Å². The van der Waals surface area contributed by atoms with Crippen LogP contribution in [0.2, 0.25) is 0 Å². The molecule has 1 aromatic carbocycles. The molecule has 0 bridgehead atoms. The Balaban J connectivity index is 2.57. The molecule has 0 spiro atoms. The van der Waals surface area contributed by atoms with Crippen molar-refractivity contribution >= 4 is 11.9 Å². The maximum Gasteiger partial charge on any atom is 0.129 e. The summed E-state index contributed by atoms with van der Waals surface area (Å²) >= 11 is 0. The van der Waals surface area contributed by atoms with E-state index in [-0.39, 0.29) is 5.60 Å². The van der Waals surface area contributed by atoms with Crippen molar-refractivity contribution in [2.75, 3.05) is 5.73 Å². The van der Waals surface area contributed by atoms with E-state index in [1.165, 1.54) is 0 Å². The quantitative estimate of drug-likeness (QED) is 0.444. The van der Waals surface area contributed by atoms with E-state index in [1.807, 2.05) is 45.0 Å². The summed E-state index contributed by atoms with van der Waals surface area (Å²) in [4.78, 5) is 5.20. The molecule has 0 aliphatic heterocycles. The molecule has 0 aliphatic carbocycles. The minimum atomic E-state index is -0.246. The molecular weight excluding hydrogens is 176 g/mol. The fourth-order valence-corrected chi connectivity index (χ4v) is 0.827. The van der Waals surface area contributed by atoms with Gasteiger partial charge in [0.05, 0.1) is 6.21 Å². The van der Waals surface area contributed by atoms with Crippen LogP contribution in [0.4, 0.5) is 5.69 Å². The van der Waals surface area contributed by atoms with Crippen LogP contribution in [0, 0.1) is 0 Å². The van der Waals surface area contributed by atoms with Gasteiger partial charge in [-0.3, -0.25) is 0 Å². The topological polar surface area (TPSA) is 47.6 Å². The Labute approximate surface area is 84.6 Å². The second kappa shape index (κ2) is 4.13. The van der Waals surface area contributed by atoms with Crippen LogP contribution in [0.1, 0.15) is 26.3 Å². The van der Waals surface area contributed by atoms with E-state index in [4.69, 9.17) is 10.6 Å². The Hall–Kier alpha value is -1.51. The van der Waals surface area contributed by atoms with Gasteiger partial charge in [-0.25, -0.2) is 0 Å². The Bertz CT molecular complexity index is 309. The maximum atomic E-state index is 5.55. The highest BCUT2D eigenvalue weighted by Crippen LogP contribution is 2.07. The summed E-state index contributed by atoms with van der Waals surface area (Å²) in [5, 5.41) is 3.88. The average Bonchev–Trinajstić information content (AvgIpc) is 2.06. The van der Waals surface area contributed by atoms with Gasteiger partial charge in [0, 0.05) is 5.69 Å². The molecule has 14 heavy (non-hydrogen) atoms. The highest BCUT2D eigenvalue weighted by Gasteiger charge is 2.08. The van der Waals surface area contributed by atoms with E-state index >= 15 is 0 Å². The highest BCUT2D eigenvalue weighted by molar-refractivity contribution is 5.79. The molecule has 0 amide bonds. The Kier molecular flexibility index (Phi) is 3.12. The van der Waals surface area contributed by atoms with Gasteiger partial charge in [0.2, 0.25) is 0 Å². The first-order valence-electron chi connectivity index (χ1n) is 4.54. The van der Waals surface area contributed by atoms with E-state index in [9.17, 15) is 0 Å². The summed E-state index contributed by atoms with van der Waals surface area (Å²) in [6, 6.07) is 7.45. The van der Waals surface area contributed by atoms with Crippen LogP contribution in [-0.2, 0) is 4.84 Å². The predicted molar refractivity (Wildman–Crippen MR) is 59.3 cm³/mol. The molecule has 0 unspecified atom stereocenters. The molecule has 0 saturated carbocycles. The van der Waals surface area contributed by atoms with E-state index in [0.29, 0.717) is 0 Å². The van der Waals surface area contributed by atoms with Gasteiger partial charge in [0.25, 0.3) is 0 Å². The van der Waals surface area contributed by atoms with Crippen LogP contribution in [0.25, 0.3) is 0 Å². The molecule has 2 N–H and O–H groups in total. The molecule has 1 aromatic rings. The van der Waals surface area contributed by atoms with E-state index in [2.05, 4.69) is 5.16 Å². The SMILES string of the molecule is CC(C)(C)O/N=C/c1ccc(N)cc1. The van der Waals surface area contributed by atoms with Gasteiger partial charge in [-0.2, -0.15) is 0 Å². The third-order valence-corrected chi connectivity index (χ3v) is 1.46. The minimum Gasteiger partial charge on any atom is -0.399 e. The number of nitrogen functional groups attached to an aromatic ring is 1. The lowest BCUT2D eigenvalue weighted by Gasteiger charge is -2.14. The lowest BCUT2D eigenvalue weighted by Crippen LogP contribution is -2.15. The van der Waals surface area contributed by atoms with Crippen molar-refractivity contribution in [1.29, 1.82) is 0 Å². The first-order valence-corrected chi connectivity index (χ1v) is 4.54. The van der Waals surface area contributed by atoms with Gasteiger partial charge in [-0.15, -0.1) is 0 Å². The normalized spacial score (nSPS) is 11.9. The van der Waals surface area contributed by atoms with E-state index in [0.717, 1.165) is 11.3 Å². The molecule has 76 valence electrons. The van der Waals surface area contributed by atoms with Crippen molar-refractivity contribution in [2.24, 2.45) is 5.16 Å². The molecular formula is C11H16N2O. The van der Waals surface area contributed by atoms with Crippen LogP contribution in [0.3, 0.4) is 0 Å². The number of oxime groups is 1. The molecule has 0 radical (unpaired) electrons. The standard InChI is InChI=1S/C11H16N2O/c1-11(2,3)14-13-8-9-4-6-10(12)7-5-9/h4-8H,12H2,1-3H3/b13-8+. The lowest BCUT2D eigenvalue weighted by molar-refractivity contribution is 0.00199. The number of nitrogens with two attached hydrogens (primary N) is 1. The van der Waals surface area contributed by atoms with Crippen molar-refractivity contribution in [1.82, 2.24) is 0 Å². The molecule has 0 aromatic heterocycles. The average molecular weight is 192 g/mol. The largest absolute Gasteiger partial charge is 0.399 e. The van der Waals surface area contributed by atoms with Gasteiger partial charge in [-0.1, -0.05) is 17.3 Å². The smallest absolute Gasteiger partial charge is 0.129 e. The number of benzene rings is 1. The third kappa shape index (κ3) is 3.94. The van der Waals surface area contributed by atoms with Gasteiger partial charge < -0.3 is 10.6 Å². The second-order valence-electron chi connectivity index (χ2n) is 4.10. The van der Waals surface area contributed by atoms with Crippen LogP contribution >= 0.6 is 0 Å². The van der Waals surface area contributed by atoms with Crippen LogP contribution in [-0.4, -0.2) is 11.8 Å². The Morgan fingerprint density at radius 3 is 2.29 bits per heavy atom. The Morgan fingerprint density at radius 2 is 1.79 bits per heavy atom. The fourth-order valence-electron chi connectivity index (χ4n) is 0.827. The zero-order valence-electron chi connectivity index (χ0n) is 8.82. The first kappa shape index (κ1) is 10.6. The van der Waals surface area contributed by atoms with Crippen LogP contribution < -0.4 is 5.73 Å². The molecule has 0 atom stereocenters. The molecule has 0 heterocycles. The number of nitrogens with zero attached hydrogens (tertiary/aromatic N) is 1. The van der Waals surface area contributed by atoms with Gasteiger partial charge in [0.15, 0.2) is 0 Å². The minimum absolute atomic E-state index is 0.246. The van der Waals surface area contributed by atoms with E-state index in [1.54, 1.807) is 6.21 Å². The van der Waals surface area contributed by atoms with E-state index < -0.39 is 0 Å². The third-order valence-electron chi connectivity index (χ3n) is 1.46. The fraction of sp³-hybridized carbons (Fsp3) is 0.364. The summed E-state index contributed by atoms with van der Waals surface area (Å²) in [6.45, 7) is 5.86.